The van der Waals surface area contributed by atoms with Gasteiger partial charge in [0.15, 0.2) is 0 Å². The van der Waals surface area contributed by atoms with Gasteiger partial charge in [-0.1, -0.05) is 48.5 Å². The summed E-state index contributed by atoms with van der Waals surface area (Å²) in [6, 6.07) is 23.4. The lowest BCUT2D eigenvalue weighted by atomic mass is 10.1. The van der Waals surface area contributed by atoms with Gasteiger partial charge in [0, 0.05) is 17.3 Å². The largest absolute Gasteiger partial charge is 0.322 e. The van der Waals surface area contributed by atoms with Crippen LogP contribution in [0.5, 0.6) is 0 Å². The summed E-state index contributed by atoms with van der Waals surface area (Å²) in [4.78, 5) is 16.9. The van der Waals surface area contributed by atoms with Gasteiger partial charge in [-0.15, -0.1) is 0 Å². The second kappa shape index (κ2) is 5.54. The Morgan fingerprint density at radius 1 is 0.783 bits per heavy atom. The lowest BCUT2D eigenvalue weighted by Gasteiger charge is -2.08. The summed E-state index contributed by atoms with van der Waals surface area (Å²) in [5.41, 5.74) is 2.08. The Morgan fingerprint density at radius 2 is 1.57 bits per heavy atom. The zero-order chi connectivity index (χ0) is 15.6. The van der Waals surface area contributed by atoms with E-state index in [1.165, 1.54) is 0 Å². The van der Waals surface area contributed by atoms with Crippen LogP contribution in [-0.4, -0.2) is 10.9 Å². The molecule has 1 aromatic heterocycles. The molecule has 0 atom stereocenters. The molecule has 0 spiro atoms. The van der Waals surface area contributed by atoms with Crippen LogP contribution in [0, 0.1) is 0 Å². The Hall–Kier alpha value is -3.20. The second-order valence-corrected chi connectivity index (χ2v) is 5.40. The van der Waals surface area contributed by atoms with Gasteiger partial charge < -0.3 is 5.32 Å². The van der Waals surface area contributed by atoms with Gasteiger partial charge in [-0.2, -0.15) is 0 Å². The minimum atomic E-state index is -0.149. The summed E-state index contributed by atoms with van der Waals surface area (Å²) < 4.78 is 0. The molecule has 1 heterocycles. The van der Waals surface area contributed by atoms with Crippen molar-refractivity contribution in [3.63, 3.8) is 0 Å². The van der Waals surface area contributed by atoms with Crippen molar-refractivity contribution in [3.05, 3.63) is 84.6 Å². The van der Waals surface area contributed by atoms with E-state index < -0.39 is 0 Å². The minimum Gasteiger partial charge on any atom is -0.322 e. The van der Waals surface area contributed by atoms with Crippen LogP contribution < -0.4 is 5.32 Å². The average molecular weight is 298 g/mol. The first-order valence-electron chi connectivity index (χ1n) is 7.45. The van der Waals surface area contributed by atoms with Crippen LogP contribution in [0.4, 0.5) is 5.69 Å². The monoisotopic (exact) mass is 298 g/mol. The Labute approximate surface area is 133 Å². The van der Waals surface area contributed by atoms with Gasteiger partial charge in [-0.25, -0.2) is 0 Å². The molecule has 0 aliphatic carbocycles. The van der Waals surface area contributed by atoms with Gasteiger partial charge in [0.05, 0.1) is 11.1 Å². The SMILES string of the molecule is O=C(Nc1ccc2ccccc2c1)c1cccc2cccnc12. The predicted molar refractivity (Wildman–Crippen MR) is 93.6 cm³/mol. The maximum atomic E-state index is 12.6. The van der Waals surface area contributed by atoms with Crippen LogP contribution in [0.15, 0.2) is 79.0 Å². The minimum absolute atomic E-state index is 0.149. The normalized spacial score (nSPS) is 10.8. The van der Waals surface area contributed by atoms with Crippen molar-refractivity contribution in [1.82, 2.24) is 4.98 Å². The number of nitrogens with zero attached hydrogens (tertiary/aromatic N) is 1. The number of nitrogens with one attached hydrogen (secondary N) is 1. The Bertz CT molecular complexity index is 1020. The summed E-state index contributed by atoms with van der Waals surface area (Å²) in [5, 5.41) is 6.17. The van der Waals surface area contributed by atoms with Crippen molar-refractivity contribution >= 4 is 33.3 Å². The first-order valence-corrected chi connectivity index (χ1v) is 7.45. The highest BCUT2D eigenvalue weighted by Gasteiger charge is 2.11. The van der Waals surface area contributed by atoms with Crippen LogP contribution in [0.2, 0.25) is 0 Å². The summed E-state index contributed by atoms with van der Waals surface area (Å²) in [5.74, 6) is -0.149. The zero-order valence-electron chi connectivity index (χ0n) is 12.4. The molecule has 3 aromatic carbocycles. The van der Waals surface area contributed by atoms with Crippen LogP contribution in [0.1, 0.15) is 10.4 Å². The molecular weight excluding hydrogens is 284 g/mol. The summed E-state index contributed by atoms with van der Waals surface area (Å²) >= 11 is 0. The lowest BCUT2D eigenvalue weighted by Crippen LogP contribution is -2.12. The number of para-hydroxylation sites is 1. The molecular formula is C20H14N2O. The van der Waals surface area contributed by atoms with E-state index in [0.29, 0.717) is 11.1 Å². The molecule has 1 amide bonds. The molecule has 0 unspecified atom stereocenters. The average Bonchev–Trinajstić information content (AvgIpc) is 2.61. The molecule has 0 saturated heterocycles. The summed E-state index contributed by atoms with van der Waals surface area (Å²) in [6.07, 6.45) is 1.70. The number of carbonyl (C=O) groups is 1. The molecule has 1 N–H and O–H groups in total. The number of hydrogen-bond acceptors (Lipinski definition) is 2. The quantitative estimate of drug-likeness (QED) is 0.585. The number of carbonyl (C=O) groups excluding carboxylic acids is 1. The molecule has 0 bridgehead atoms. The highest BCUT2D eigenvalue weighted by Crippen LogP contribution is 2.21. The van der Waals surface area contributed by atoms with E-state index in [1.807, 2.05) is 60.7 Å². The molecule has 0 aliphatic rings. The third-order valence-corrected chi connectivity index (χ3v) is 3.88. The van der Waals surface area contributed by atoms with Crippen LogP contribution >= 0.6 is 0 Å². The fraction of sp³-hybridized carbons (Fsp3) is 0. The zero-order valence-corrected chi connectivity index (χ0v) is 12.4. The molecule has 0 radical (unpaired) electrons. The van der Waals surface area contributed by atoms with E-state index in [2.05, 4.69) is 16.4 Å². The Kier molecular flexibility index (Phi) is 3.24. The van der Waals surface area contributed by atoms with Crippen molar-refractivity contribution in [2.24, 2.45) is 0 Å². The molecule has 4 aromatic rings. The van der Waals surface area contributed by atoms with Crippen molar-refractivity contribution < 1.29 is 4.79 Å². The standard InChI is InChI=1S/C20H14N2O/c23-20(18-9-3-7-15-8-4-12-21-19(15)18)22-17-11-10-14-5-1-2-6-16(14)13-17/h1-13H,(H,22,23). The number of benzene rings is 3. The molecule has 4 rings (SSSR count). The molecule has 0 aliphatic heterocycles. The first kappa shape index (κ1) is 13.5. The number of hydrogen-bond donors (Lipinski definition) is 1. The van der Waals surface area contributed by atoms with E-state index >= 15 is 0 Å². The summed E-state index contributed by atoms with van der Waals surface area (Å²) in [6.45, 7) is 0. The van der Waals surface area contributed by atoms with E-state index in [-0.39, 0.29) is 5.91 Å². The topological polar surface area (TPSA) is 42.0 Å². The highest BCUT2D eigenvalue weighted by atomic mass is 16.1. The molecule has 110 valence electrons. The molecule has 0 saturated carbocycles. The number of aromatic nitrogens is 1. The summed E-state index contributed by atoms with van der Waals surface area (Å²) in [7, 11) is 0. The predicted octanol–water partition coefficient (Wildman–Crippen LogP) is 4.64. The maximum absolute atomic E-state index is 12.6. The maximum Gasteiger partial charge on any atom is 0.257 e. The van der Waals surface area contributed by atoms with Gasteiger partial charge >= 0.3 is 0 Å². The third kappa shape index (κ3) is 2.53. The molecule has 0 fully saturated rings. The van der Waals surface area contributed by atoms with Crippen molar-refractivity contribution in [1.29, 1.82) is 0 Å². The van der Waals surface area contributed by atoms with E-state index in [1.54, 1.807) is 12.3 Å². The Balaban J connectivity index is 1.70. The van der Waals surface area contributed by atoms with E-state index in [4.69, 9.17) is 0 Å². The van der Waals surface area contributed by atoms with E-state index in [9.17, 15) is 4.79 Å². The van der Waals surface area contributed by atoms with Gasteiger partial charge in [-0.05, 0) is 35.0 Å². The van der Waals surface area contributed by atoms with Crippen LogP contribution in [0.3, 0.4) is 0 Å². The van der Waals surface area contributed by atoms with Crippen LogP contribution in [0.25, 0.3) is 21.7 Å². The van der Waals surface area contributed by atoms with Gasteiger partial charge in [-0.3, -0.25) is 9.78 Å². The van der Waals surface area contributed by atoms with Crippen LogP contribution in [-0.2, 0) is 0 Å². The van der Waals surface area contributed by atoms with E-state index in [0.717, 1.165) is 21.8 Å². The van der Waals surface area contributed by atoms with Gasteiger partial charge in [0.1, 0.15) is 0 Å². The highest BCUT2D eigenvalue weighted by molar-refractivity contribution is 6.12. The van der Waals surface area contributed by atoms with Crippen molar-refractivity contribution in [3.8, 4) is 0 Å². The number of anilines is 1. The number of amides is 1. The molecule has 3 heteroatoms. The first-order chi connectivity index (χ1) is 11.3. The third-order valence-electron chi connectivity index (χ3n) is 3.88. The Morgan fingerprint density at radius 3 is 2.48 bits per heavy atom. The second-order valence-electron chi connectivity index (χ2n) is 5.40. The fourth-order valence-corrected chi connectivity index (χ4v) is 2.75. The lowest BCUT2D eigenvalue weighted by molar-refractivity contribution is 0.102. The smallest absolute Gasteiger partial charge is 0.257 e. The van der Waals surface area contributed by atoms with Crippen molar-refractivity contribution in [2.45, 2.75) is 0 Å². The van der Waals surface area contributed by atoms with Gasteiger partial charge in [0.2, 0.25) is 0 Å². The number of pyridine rings is 1. The van der Waals surface area contributed by atoms with Gasteiger partial charge in [0.25, 0.3) is 5.91 Å². The number of rotatable bonds is 2. The fourth-order valence-electron chi connectivity index (χ4n) is 2.75. The molecule has 3 nitrogen and oxygen atoms in total. The molecule has 23 heavy (non-hydrogen) atoms. The van der Waals surface area contributed by atoms with Crippen molar-refractivity contribution in [2.75, 3.05) is 5.32 Å². The number of fused-ring (bicyclic) bond motifs is 2.